The minimum absolute atomic E-state index is 0.0784. The Labute approximate surface area is 102 Å². The molecule has 16 heavy (non-hydrogen) atoms. The van der Waals surface area contributed by atoms with Gasteiger partial charge >= 0.3 is 5.97 Å². The minimum atomic E-state index is -0.823. The SMILES string of the molecule is O=C(O)CC1(c2cccc(F)c2Br)CCC1. The lowest BCUT2D eigenvalue weighted by molar-refractivity contribution is -0.139. The molecule has 0 bridgehead atoms. The summed E-state index contributed by atoms with van der Waals surface area (Å²) in [4.78, 5) is 10.9. The number of carbonyl (C=O) groups is 1. The Bertz CT molecular complexity index is 427. The summed E-state index contributed by atoms with van der Waals surface area (Å²) in [5.41, 5.74) is 0.424. The van der Waals surface area contributed by atoms with Crippen LogP contribution >= 0.6 is 15.9 Å². The van der Waals surface area contributed by atoms with Crippen LogP contribution in [0, 0.1) is 5.82 Å². The average molecular weight is 287 g/mol. The van der Waals surface area contributed by atoms with Crippen molar-refractivity contribution in [2.24, 2.45) is 0 Å². The number of aliphatic carboxylic acids is 1. The molecule has 2 rings (SSSR count). The molecule has 0 heterocycles. The monoisotopic (exact) mass is 286 g/mol. The van der Waals surface area contributed by atoms with Gasteiger partial charge in [0.25, 0.3) is 0 Å². The van der Waals surface area contributed by atoms with Crippen LogP contribution in [0.2, 0.25) is 0 Å². The predicted octanol–water partition coefficient (Wildman–Crippen LogP) is 3.48. The molecule has 0 amide bonds. The summed E-state index contributed by atoms with van der Waals surface area (Å²) >= 11 is 3.21. The summed E-state index contributed by atoms with van der Waals surface area (Å²) in [5, 5.41) is 8.93. The van der Waals surface area contributed by atoms with Crippen LogP contribution in [0.5, 0.6) is 0 Å². The summed E-state index contributed by atoms with van der Waals surface area (Å²) in [5.74, 6) is -1.15. The topological polar surface area (TPSA) is 37.3 Å². The molecule has 0 aromatic heterocycles. The molecule has 1 aromatic rings. The van der Waals surface area contributed by atoms with Gasteiger partial charge in [0.2, 0.25) is 0 Å². The van der Waals surface area contributed by atoms with Gasteiger partial charge in [-0.2, -0.15) is 0 Å². The number of carboxylic acids is 1. The molecular weight excluding hydrogens is 275 g/mol. The van der Waals surface area contributed by atoms with E-state index in [2.05, 4.69) is 15.9 Å². The van der Waals surface area contributed by atoms with Gasteiger partial charge in [0.05, 0.1) is 10.9 Å². The van der Waals surface area contributed by atoms with Gasteiger partial charge in [-0.3, -0.25) is 4.79 Å². The standard InChI is InChI=1S/C12H12BrFO2/c13-11-8(3-1-4-9(11)14)12(5-2-6-12)7-10(15)16/h1,3-4H,2,5-7H2,(H,15,16). The summed E-state index contributed by atoms with van der Waals surface area (Å²) in [7, 11) is 0. The molecule has 4 heteroatoms. The Kier molecular flexibility index (Phi) is 3.02. The molecule has 1 aromatic carbocycles. The molecule has 1 aliphatic rings. The van der Waals surface area contributed by atoms with Crippen molar-refractivity contribution in [1.82, 2.24) is 0 Å². The van der Waals surface area contributed by atoms with E-state index in [0.717, 1.165) is 24.8 Å². The predicted molar refractivity (Wildman–Crippen MR) is 61.9 cm³/mol. The molecule has 1 saturated carbocycles. The third kappa shape index (κ3) is 1.86. The fraction of sp³-hybridized carbons (Fsp3) is 0.417. The van der Waals surface area contributed by atoms with Crippen LogP contribution in [-0.4, -0.2) is 11.1 Å². The summed E-state index contributed by atoms with van der Waals surface area (Å²) < 4.78 is 13.8. The van der Waals surface area contributed by atoms with E-state index in [1.807, 2.05) is 6.07 Å². The molecule has 0 saturated heterocycles. The van der Waals surface area contributed by atoms with Crippen molar-refractivity contribution in [3.8, 4) is 0 Å². The first kappa shape index (κ1) is 11.6. The third-order valence-electron chi connectivity index (χ3n) is 3.32. The van der Waals surface area contributed by atoms with Crippen molar-refractivity contribution in [3.63, 3.8) is 0 Å². The molecule has 0 unspecified atom stereocenters. The Morgan fingerprint density at radius 3 is 2.69 bits per heavy atom. The molecular formula is C12H12BrFO2. The fourth-order valence-electron chi connectivity index (χ4n) is 2.35. The van der Waals surface area contributed by atoms with Gasteiger partial charge in [-0.25, -0.2) is 4.39 Å². The molecule has 0 atom stereocenters. The van der Waals surface area contributed by atoms with E-state index >= 15 is 0 Å². The number of halogens is 2. The van der Waals surface area contributed by atoms with Crippen molar-refractivity contribution in [3.05, 3.63) is 34.1 Å². The number of hydrogen-bond acceptors (Lipinski definition) is 1. The average Bonchev–Trinajstić information content (AvgIpc) is 2.16. The van der Waals surface area contributed by atoms with Crippen LogP contribution < -0.4 is 0 Å². The van der Waals surface area contributed by atoms with Crippen LogP contribution in [0.15, 0.2) is 22.7 Å². The Morgan fingerprint density at radius 2 is 2.19 bits per heavy atom. The van der Waals surface area contributed by atoms with Crippen molar-refractivity contribution < 1.29 is 14.3 Å². The van der Waals surface area contributed by atoms with Crippen LogP contribution in [0.3, 0.4) is 0 Å². The van der Waals surface area contributed by atoms with E-state index in [-0.39, 0.29) is 17.7 Å². The quantitative estimate of drug-likeness (QED) is 0.924. The molecule has 1 aliphatic carbocycles. The lowest BCUT2D eigenvalue weighted by Crippen LogP contribution is -2.37. The molecule has 0 spiro atoms. The Hall–Kier alpha value is -0.900. The van der Waals surface area contributed by atoms with E-state index in [1.165, 1.54) is 6.07 Å². The Balaban J connectivity index is 2.40. The van der Waals surface area contributed by atoms with E-state index in [4.69, 9.17) is 5.11 Å². The zero-order valence-corrected chi connectivity index (χ0v) is 10.3. The van der Waals surface area contributed by atoms with Gasteiger partial charge in [-0.15, -0.1) is 0 Å². The Morgan fingerprint density at radius 1 is 1.50 bits per heavy atom. The van der Waals surface area contributed by atoms with Crippen LogP contribution in [0.1, 0.15) is 31.2 Å². The van der Waals surface area contributed by atoms with Crippen LogP contribution in [0.25, 0.3) is 0 Å². The summed E-state index contributed by atoms with van der Waals surface area (Å²) in [6, 6.07) is 4.83. The second kappa shape index (κ2) is 4.17. The molecule has 0 aliphatic heterocycles. The molecule has 2 nitrogen and oxygen atoms in total. The largest absolute Gasteiger partial charge is 0.481 e. The fourth-order valence-corrected chi connectivity index (χ4v) is 3.03. The van der Waals surface area contributed by atoms with Gasteiger partial charge in [0.15, 0.2) is 0 Å². The second-order valence-corrected chi connectivity index (χ2v) is 5.10. The number of benzene rings is 1. The minimum Gasteiger partial charge on any atom is -0.481 e. The zero-order chi connectivity index (χ0) is 11.8. The van der Waals surface area contributed by atoms with Crippen LogP contribution in [0.4, 0.5) is 4.39 Å². The second-order valence-electron chi connectivity index (χ2n) is 4.31. The maximum absolute atomic E-state index is 13.4. The van der Waals surface area contributed by atoms with E-state index in [0.29, 0.717) is 4.47 Å². The third-order valence-corrected chi connectivity index (χ3v) is 4.13. The van der Waals surface area contributed by atoms with Crippen molar-refractivity contribution >= 4 is 21.9 Å². The zero-order valence-electron chi connectivity index (χ0n) is 8.67. The molecule has 0 radical (unpaired) electrons. The first-order valence-corrected chi connectivity index (χ1v) is 6.01. The van der Waals surface area contributed by atoms with Gasteiger partial charge in [-0.05, 0) is 40.4 Å². The number of hydrogen-bond donors (Lipinski definition) is 1. The highest BCUT2D eigenvalue weighted by Gasteiger charge is 2.42. The number of rotatable bonds is 3. The first-order valence-electron chi connectivity index (χ1n) is 5.21. The van der Waals surface area contributed by atoms with Crippen molar-refractivity contribution in [2.75, 3.05) is 0 Å². The van der Waals surface area contributed by atoms with E-state index < -0.39 is 5.97 Å². The van der Waals surface area contributed by atoms with Gasteiger partial charge in [0.1, 0.15) is 5.82 Å². The molecule has 1 fully saturated rings. The summed E-state index contributed by atoms with van der Waals surface area (Å²) in [6.07, 6.45) is 2.73. The molecule has 1 N–H and O–H groups in total. The maximum atomic E-state index is 13.4. The summed E-state index contributed by atoms with van der Waals surface area (Å²) in [6.45, 7) is 0. The highest BCUT2D eigenvalue weighted by atomic mass is 79.9. The first-order chi connectivity index (χ1) is 7.55. The van der Waals surface area contributed by atoms with Gasteiger partial charge in [0, 0.05) is 5.41 Å². The molecule has 86 valence electrons. The van der Waals surface area contributed by atoms with Crippen molar-refractivity contribution in [1.29, 1.82) is 0 Å². The smallest absolute Gasteiger partial charge is 0.304 e. The maximum Gasteiger partial charge on any atom is 0.304 e. The lowest BCUT2D eigenvalue weighted by Gasteiger charge is -2.42. The van der Waals surface area contributed by atoms with Crippen LogP contribution in [-0.2, 0) is 10.2 Å². The highest BCUT2D eigenvalue weighted by Crippen LogP contribution is 2.49. The van der Waals surface area contributed by atoms with Gasteiger partial charge < -0.3 is 5.11 Å². The normalized spacial score (nSPS) is 17.9. The number of carboxylic acid groups (broad SMARTS) is 1. The lowest BCUT2D eigenvalue weighted by atomic mass is 9.62. The van der Waals surface area contributed by atoms with Gasteiger partial charge in [-0.1, -0.05) is 18.6 Å². The van der Waals surface area contributed by atoms with E-state index in [9.17, 15) is 9.18 Å². The van der Waals surface area contributed by atoms with Crippen molar-refractivity contribution in [2.45, 2.75) is 31.1 Å². The highest BCUT2D eigenvalue weighted by molar-refractivity contribution is 9.10. The van der Waals surface area contributed by atoms with E-state index in [1.54, 1.807) is 6.07 Å².